The molecule has 1 aliphatic carbocycles. The standard InChI is InChI=1S/C14H16BrNO3/c1-8-10(3-2-4-11(8)15)13(17)16-12(14(18)19)7-9-5-6-9/h2-4,9,12H,5-7H2,1H3,(H,16,17)(H,18,19). The Hall–Kier alpha value is -1.36. The fraction of sp³-hybridized carbons (Fsp3) is 0.429. The Labute approximate surface area is 120 Å². The van der Waals surface area contributed by atoms with Crippen molar-refractivity contribution < 1.29 is 14.7 Å². The summed E-state index contributed by atoms with van der Waals surface area (Å²) in [6, 6.07) is 4.53. The molecule has 0 saturated heterocycles. The van der Waals surface area contributed by atoms with Crippen molar-refractivity contribution in [3.8, 4) is 0 Å². The molecule has 0 spiro atoms. The van der Waals surface area contributed by atoms with Gasteiger partial charge in [-0.25, -0.2) is 4.79 Å². The van der Waals surface area contributed by atoms with Crippen molar-refractivity contribution in [1.29, 1.82) is 0 Å². The van der Waals surface area contributed by atoms with E-state index in [0.717, 1.165) is 22.9 Å². The van der Waals surface area contributed by atoms with Gasteiger partial charge in [0.25, 0.3) is 5.91 Å². The van der Waals surface area contributed by atoms with Crippen LogP contribution in [0, 0.1) is 12.8 Å². The third kappa shape index (κ3) is 3.56. The summed E-state index contributed by atoms with van der Waals surface area (Å²) < 4.78 is 0.842. The van der Waals surface area contributed by atoms with Crippen molar-refractivity contribution in [3.05, 3.63) is 33.8 Å². The van der Waals surface area contributed by atoms with Crippen molar-refractivity contribution >= 4 is 27.8 Å². The zero-order chi connectivity index (χ0) is 14.0. The number of amides is 1. The van der Waals surface area contributed by atoms with E-state index in [1.807, 2.05) is 13.0 Å². The molecule has 0 aliphatic heterocycles. The highest BCUT2D eigenvalue weighted by Crippen LogP contribution is 2.33. The van der Waals surface area contributed by atoms with Gasteiger partial charge in [0.15, 0.2) is 0 Å². The Morgan fingerprint density at radius 3 is 2.74 bits per heavy atom. The van der Waals surface area contributed by atoms with E-state index in [0.29, 0.717) is 17.9 Å². The lowest BCUT2D eigenvalue weighted by Crippen LogP contribution is -2.41. The molecule has 4 nitrogen and oxygen atoms in total. The van der Waals surface area contributed by atoms with Crippen molar-refractivity contribution in [1.82, 2.24) is 5.32 Å². The van der Waals surface area contributed by atoms with Gasteiger partial charge in [-0.05, 0) is 37.0 Å². The number of halogens is 1. The van der Waals surface area contributed by atoms with Crippen molar-refractivity contribution in [2.75, 3.05) is 0 Å². The minimum atomic E-state index is -0.965. The van der Waals surface area contributed by atoms with Crippen LogP contribution in [0.4, 0.5) is 0 Å². The summed E-state index contributed by atoms with van der Waals surface area (Å²) in [5.74, 6) is -0.843. The number of carbonyl (C=O) groups excluding carboxylic acids is 1. The van der Waals surface area contributed by atoms with Crippen LogP contribution in [-0.4, -0.2) is 23.0 Å². The quantitative estimate of drug-likeness (QED) is 0.874. The van der Waals surface area contributed by atoms with Gasteiger partial charge in [0.05, 0.1) is 0 Å². The lowest BCUT2D eigenvalue weighted by Gasteiger charge is -2.15. The van der Waals surface area contributed by atoms with Gasteiger partial charge in [-0.2, -0.15) is 0 Å². The lowest BCUT2D eigenvalue weighted by molar-refractivity contribution is -0.139. The molecule has 1 atom stereocenters. The summed E-state index contributed by atoms with van der Waals surface area (Å²) in [6.45, 7) is 1.83. The molecule has 1 unspecified atom stereocenters. The molecule has 102 valence electrons. The van der Waals surface area contributed by atoms with E-state index in [4.69, 9.17) is 5.11 Å². The van der Waals surface area contributed by atoms with Crippen LogP contribution in [-0.2, 0) is 4.79 Å². The molecule has 0 radical (unpaired) electrons. The Bertz CT molecular complexity index is 511. The highest BCUT2D eigenvalue weighted by Gasteiger charge is 2.30. The number of hydrogen-bond acceptors (Lipinski definition) is 2. The number of carbonyl (C=O) groups is 2. The first-order valence-corrected chi connectivity index (χ1v) is 7.07. The number of hydrogen-bond donors (Lipinski definition) is 2. The van der Waals surface area contributed by atoms with Crippen LogP contribution in [0.15, 0.2) is 22.7 Å². The van der Waals surface area contributed by atoms with Crippen LogP contribution < -0.4 is 5.32 Å². The topological polar surface area (TPSA) is 66.4 Å². The molecule has 0 aromatic heterocycles. The maximum atomic E-state index is 12.1. The highest BCUT2D eigenvalue weighted by molar-refractivity contribution is 9.10. The molecule has 0 heterocycles. The Kier molecular flexibility index (Phi) is 4.24. The summed E-state index contributed by atoms with van der Waals surface area (Å²) in [4.78, 5) is 23.3. The molecule has 0 bridgehead atoms. The summed E-state index contributed by atoms with van der Waals surface area (Å²) in [7, 11) is 0. The number of nitrogens with one attached hydrogen (secondary N) is 1. The molecule has 1 amide bonds. The number of benzene rings is 1. The first kappa shape index (κ1) is 14.1. The van der Waals surface area contributed by atoms with Gasteiger partial charge in [0, 0.05) is 10.0 Å². The van der Waals surface area contributed by atoms with Gasteiger partial charge in [-0.15, -0.1) is 0 Å². The molecule has 1 fully saturated rings. The smallest absolute Gasteiger partial charge is 0.326 e. The zero-order valence-corrected chi connectivity index (χ0v) is 12.2. The van der Waals surface area contributed by atoms with Gasteiger partial charge in [0.1, 0.15) is 6.04 Å². The van der Waals surface area contributed by atoms with Crippen LogP contribution >= 0.6 is 15.9 Å². The monoisotopic (exact) mass is 325 g/mol. The predicted molar refractivity (Wildman–Crippen MR) is 75.1 cm³/mol. The van der Waals surface area contributed by atoms with Crippen molar-refractivity contribution in [2.24, 2.45) is 5.92 Å². The van der Waals surface area contributed by atoms with E-state index in [2.05, 4.69) is 21.2 Å². The predicted octanol–water partition coefficient (Wildman–Crippen LogP) is 2.74. The Morgan fingerprint density at radius 2 is 2.16 bits per heavy atom. The second-order valence-corrected chi connectivity index (χ2v) is 5.81. The Balaban J connectivity index is 2.09. The van der Waals surface area contributed by atoms with Crippen LogP contribution in [0.25, 0.3) is 0 Å². The summed E-state index contributed by atoms with van der Waals surface area (Å²) in [5, 5.41) is 11.8. The van der Waals surface area contributed by atoms with Crippen LogP contribution in [0.2, 0.25) is 0 Å². The van der Waals surface area contributed by atoms with E-state index in [1.165, 1.54) is 0 Å². The average molecular weight is 326 g/mol. The van der Waals surface area contributed by atoms with Crippen molar-refractivity contribution in [3.63, 3.8) is 0 Å². The van der Waals surface area contributed by atoms with Crippen LogP contribution in [0.1, 0.15) is 35.2 Å². The van der Waals surface area contributed by atoms with Gasteiger partial charge >= 0.3 is 5.97 Å². The molecular weight excluding hydrogens is 310 g/mol. The Morgan fingerprint density at radius 1 is 1.47 bits per heavy atom. The average Bonchev–Trinajstić information content (AvgIpc) is 3.15. The normalized spacial score (nSPS) is 15.9. The second-order valence-electron chi connectivity index (χ2n) is 4.96. The maximum Gasteiger partial charge on any atom is 0.326 e. The number of rotatable bonds is 5. The number of carboxylic acid groups (broad SMARTS) is 1. The second kappa shape index (κ2) is 5.74. The number of carboxylic acids is 1. The molecule has 1 aromatic rings. The lowest BCUT2D eigenvalue weighted by atomic mass is 10.1. The minimum absolute atomic E-state index is 0.327. The first-order valence-electron chi connectivity index (χ1n) is 6.28. The highest BCUT2D eigenvalue weighted by atomic mass is 79.9. The van der Waals surface area contributed by atoms with Gasteiger partial charge in [0.2, 0.25) is 0 Å². The first-order chi connectivity index (χ1) is 8.99. The van der Waals surface area contributed by atoms with Gasteiger partial charge < -0.3 is 10.4 Å². The molecule has 2 N–H and O–H groups in total. The molecule has 1 aromatic carbocycles. The molecule has 1 aliphatic rings. The summed E-state index contributed by atoms with van der Waals surface area (Å²) in [5.41, 5.74) is 1.33. The maximum absolute atomic E-state index is 12.1. The van der Waals surface area contributed by atoms with E-state index >= 15 is 0 Å². The summed E-state index contributed by atoms with van der Waals surface area (Å²) in [6.07, 6.45) is 2.65. The largest absolute Gasteiger partial charge is 0.480 e. The summed E-state index contributed by atoms with van der Waals surface area (Å²) >= 11 is 3.36. The molecule has 19 heavy (non-hydrogen) atoms. The fourth-order valence-electron chi connectivity index (χ4n) is 2.00. The molecule has 5 heteroatoms. The SMILES string of the molecule is Cc1c(Br)cccc1C(=O)NC(CC1CC1)C(=O)O. The van der Waals surface area contributed by atoms with E-state index < -0.39 is 12.0 Å². The van der Waals surface area contributed by atoms with Crippen LogP contribution in [0.3, 0.4) is 0 Å². The molecule has 2 rings (SSSR count). The third-order valence-electron chi connectivity index (χ3n) is 3.38. The van der Waals surface area contributed by atoms with E-state index in [1.54, 1.807) is 12.1 Å². The fourth-order valence-corrected chi connectivity index (χ4v) is 2.36. The van der Waals surface area contributed by atoms with Crippen LogP contribution in [0.5, 0.6) is 0 Å². The van der Waals surface area contributed by atoms with Crippen molar-refractivity contribution in [2.45, 2.75) is 32.2 Å². The molecule has 1 saturated carbocycles. The van der Waals surface area contributed by atoms with E-state index in [9.17, 15) is 9.59 Å². The zero-order valence-electron chi connectivity index (χ0n) is 10.6. The number of aliphatic carboxylic acids is 1. The minimum Gasteiger partial charge on any atom is -0.480 e. The van der Waals surface area contributed by atoms with Gasteiger partial charge in [-0.3, -0.25) is 4.79 Å². The van der Waals surface area contributed by atoms with E-state index in [-0.39, 0.29) is 5.91 Å². The van der Waals surface area contributed by atoms with Gasteiger partial charge in [-0.1, -0.05) is 34.8 Å². The third-order valence-corrected chi connectivity index (χ3v) is 4.24. The molecular formula is C14H16BrNO3.